The van der Waals surface area contributed by atoms with Gasteiger partial charge in [0.2, 0.25) is 5.91 Å². The fourth-order valence-corrected chi connectivity index (χ4v) is 8.65. The molecule has 14 heteroatoms. The molecule has 0 fully saturated rings. The lowest BCUT2D eigenvalue weighted by molar-refractivity contribution is -0.130. The van der Waals surface area contributed by atoms with Crippen molar-refractivity contribution in [3.05, 3.63) is 110 Å². The number of benzene rings is 2. The largest absolute Gasteiger partial charge is 0.369 e. The summed E-state index contributed by atoms with van der Waals surface area (Å²) in [5.74, 6) is -0.587. The van der Waals surface area contributed by atoms with Crippen LogP contribution >= 0.6 is 22.9 Å². The molecule has 0 bridgehead atoms. The van der Waals surface area contributed by atoms with Crippen LogP contribution in [-0.4, -0.2) is 66.5 Å². The number of rotatable bonds is 7. The minimum absolute atomic E-state index is 0.0441. The van der Waals surface area contributed by atoms with Crippen molar-refractivity contribution in [1.82, 2.24) is 9.80 Å². The van der Waals surface area contributed by atoms with Gasteiger partial charge in [-0.2, -0.15) is 5.26 Å². The van der Waals surface area contributed by atoms with Crippen LogP contribution in [0, 0.1) is 11.3 Å². The van der Waals surface area contributed by atoms with Crippen molar-refractivity contribution in [2.45, 2.75) is 35.6 Å². The van der Waals surface area contributed by atoms with Crippen molar-refractivity contribution in [2.24, 2.45) is 21.5 Å². The first-order chi connectivity index (χ1) is 22.7. The van der Waals surface area contributed by atoms with E-state index in [0.717, 1.165) is 6.26 Å². The molecule has 1 aliphatic carbocycles. The highest BCUT2D eigenvalue weighted by Crippen LogP contribution is 2.47. The monoisotopic (exact) mass is 701 g/mol. The number of sulfone groups is 1. The van der Waals surface area contributed by atoms with E-state index in [9.17, 15) is 23.3 Å². The summed E-state index contributed by atoms with van der Waals surface area (Å²) >= 11 is 8.24. The van der Waals surface area contributed by atoms with Gasteiger partial charge in [0.15, 0.2) is 32.0 Å². The average Bonchev–Trinajstić information content (AvgIpc) is 3.65. The minimum atomic E-state index is -3.99. The van der Waals surface area contributed by atoms with Gasteiger partial charge in [-0.15, -0.1) is 11.3 Å². The number of halogens is 1. The SMILES string of the molecule is CN1C(=O)C[C@@](C)(c2cc(C3=CC(C#N)(S(C)(=O)=O)CC(Cl)=C3CN3C(=O)C(c4ccccc4)(c4ccccc4)N=C3N)cs2)N=C1N. The van der Waals surface area contributed by atoms with Crippen LogP contribution < -0.4 is 11.5 Å². The third-order valence-electron chi connectivity index (χ3n) is 9.13. The molecule has 0 saturated carbocycles. The van der Waals surface area contributed by atoms with Crippen LogP contribution in [0.5, 0.6) is 0 Å². The molecular weight excluding hydrogens is 670 g/mol. The highest BCUT2D eigenvalue weighted by Gasteiger charge is 2.52. The second-order valence-electron chi connectivity index (χ2n) is 12.3. The molecule has 0 radical (unpaired) electrons. The van der Waals surface area contributed by atoms with Crippen molar-refractivity contribution in [2.75, 3.05) is 19.8 Å². The number of aliphatic imine (C=N–C) groups is 2. The summed E-state index contributed by atoms with van der Waals surface area (Å²) < 4.78 is 24.2. The number of nitrogens with two attached hydrogens (primary N) is 2. The number of hydrogen-bond acceptors (Lipinski definition) is 10. The van der Waals surface area contributed by atoms with Gasteiger partial charge in [-0.1, -0.05) is 72.3 Å². The molecule has 1 unspecified atom stereocenters. The second-order valence-corrected chi connectivity index (χ2v) is 15.9. The smallest absolute Gasteiger partial charge is 0.266 e. The fourth-order valence-electron chi connectivity index (χ4n) is 6.28. The standard InChI is InChI=1S/C34H32ClN7O4S2/c1-32(17-28(43)41(2)30(37)39-32)27-14-21(19-47-27)24-15-33(20-36,48(3,45)46)16-26(35)25(24)18-42-29(44)34(40-31(42)38,22-10-6-4-7-11-22)23-12-8-5-9-13-23/h4-15,19H,16-18H2,1-3H3,(H2,37,39)(H2,38,40)/t32-,33?/m0/s1. The second kappa shape index (κ2) is 11.7. The number of carbonyl (C=O) groups excluding carboxylic acids is 2. The van der Waals surface area contributed by atoms with E-state index in [1.165, 1.54) is 27.2 Å². The van der Waals surface area contributed by atoms with Crippen molar-refractivity contribution in [3.8, 4) is 6.07 Å². The summed E-state index contributed by atoms with van der Waals surface area (Å²) in [6.45, 7) is 1.64. The van der Waals surface area contributed by atoms with Gasteiger partial charge in [-0.3, -0.25) is 19.4 Å². The molecule has 1 aromatic heterocycles. The number of hydrogen-bond donors (Lipinski definition) is 2. The normalized spacial score (nSPS) is 24.3. The lowest BCUT2D eigenvalue weighted by atomic mass is 9.82. The molecule has 0 saturated heterocycles. The van der Waals surface area contributed by atoms with E-state index >= 15 is 0 Å². The van der Waals surface area contributed by atoms with Crippen LogP contribution in [0.4, 0.5) is 0 Å². The first-order valence-electron chi connectivity index (χ1n) is 14.9. The molecule has 3 aliphatic rings. The topological polar surface area (TPSA) is 175 Å². The van der Waals surface area contributed by atoms with Crippen molar-refractivity contribution in [1.29, 1.82) is 5.26 Å². The predicted molar refractivity (Wildman–Crippen MR) is 186 cm³/mol. The summed E-state index contributed by atoms with van der Waals surface area (Å²) in [6.07, 6.45) is 2.13. The Morgan fingerprint density at radius 1 is 1.00 bits per heavy atom. The molecule has 48 heavy (non-hydrogen) atoms. The van der Waals surface area contributed by atoms with Crippen LogP contribution in [0.3, 0.4) is 0 Å². The quantitative estimate of drug-likeness (QED) is 0.376. The summed E-state index contributed by atoms with van der Waals surface area (Å²) in [6, 6.07) is 22.0. The lowest BCUT2D eigenvalue weighted by Crippen LogP contribution is -2.47. The Labute approximate surface area is 287 Å². The first-order valence-corrected chi connectivity index (χ1v) is 18.0. The highest BCUT2D eigenvalue weighted by atomic mass is 35.5. The van der Waals surface area contributed by atoms with Crippen LogP contribution in [0.15, 0.2) is 98.8 Å². The Bertz CT molecular complexity index is 2080. The van der Waals surface area contributed by atoms with E-state index in [1.54, 1.807) is 25.4 Å². The van der Waals surface area contributed by atoms with Gasteiger partial charge in [0, 0.05) is 29.6 Å². The number of carbonyl (C=O) groups is 2. The Hall–Kier alpha value is -4.77. The van der Waals surface area contributed by atoms with Gasteiger partial charge < -0.3 is 11.5 Å². The molecule has 2 atom stereocenters. The van der Waals surface area contributed by atoms with Gasteiger partial charge >= 0.3 is 0 Å². The van der Waals surface area contributed by atoms with Crippen molar-refractivity contribution < 1.29 is 18.0 Å². The van der Waals surface area contributed by atoms with E-state index < -0.39 is 31.6 Å². The molecule has 4 N–H and O–H groups in total. The highest BCUT2D eigenvalue weighted by molar-refractivity contribution is 7.92. The van der Waals surface area contributed by atoms with E-state index in [1.807, 2.05) is 66.7 Å². The molecule has 11 nitrogen and oxygen atoms in total. The Balaban J connectivity index is 1.46. The third-order valence-corrected chi connectivity index (χ3v) is 12.3. The lowest BCUT2D eigenvalue weighted by Gasteiger charge is -2.33. The molecule has 6 rings (SSSR count). The van der Waals surface area contributed by atoms with Crippen LogP contribution in [0.25, 0.3) is 5.57 Å². The molecule has 3 aromatic rings. The average molecular weight is 702 g/mol. The number of nitrogens with zero attached hydrogens (tertiary/aromatic N) is 5. The zero-order chi connectivity index (χ0) is 34.6. The summed E-state index contributed by atoms with van der Waals surface area (Å²) in [5.41, 5.74) is 12.7. The van der Waals surface area contributed by atoms with Gasteiger partial charge in [-0.25, -0.2) is 18.4 Å². The predicted octanol–water partition coefficient (Wildman–Crippen LogP) is 3.83. The van der Waals surface area contributed by atoms with E-state index in [4.69, 9.17) is 28.1 Å². The van der Waals surface area contributed by atoms with Crippen LogP contribution in [0.2, 0.25) is 0 Å². The molecule has 0 spiro atoms. The van der Waals surface area contributed by atoms with Gasteiger partial charge in [0.1, 0.15) is 5.54 Å². The number of guanidine groups is 2. The fraction of sp³-hybridized carbons (Fsp3) is 0.265. The zero-order valence-corrected chi connectivity index (χ0v) is 28.7. The molecule has 246 valence electrons. The van der Waals surface area contributed by atoms with Crippen molar-refractivity contribution in [3.63, 3.8) is 0 Å². The number of allylic oxidation sites excluding steroid dienone is 1. The minimum Gasteiger partial charge on any atom is -0.369 e. The van der Waals surface area contributed by atoms with E-state index in [2.05, 4.69) is 4.99 Å². The molecule has 3 heterocycles. The molecular formula is C34H32ClN7O4S2. The maximum Gasteiger partial charge on any atom is 0.266 e. The maximum atomic E-state index is 14.6. The first kappa shape index (κ1) is 33.1. The zero-order valence-electron chi connectivity index (χ0n) is 26.3. The number of thiophene rings is 1. The van der Waals surface area contributed by atoms with Crippen molar-refractivity contribution >= 4 is 62.1 Å². The van der Waals surface area contributed by atoms with Gasteiger partial charge in [-0.05, 0) is 52.3 Å². The number of nitriles is 1. The summed E-state index contributed by atoms with van der Waals surface area (Å²) in [4.78, 5) is 40.0. The van der Waals surface area contributed by atoms with Crippen LogP contribution in [0.1, 0.15) is 41.3 Å². The summed E-state index contributed by atoms with van der Waals surface area (Å²) in [5, 5.41) is 12.1. The van der Waals surface area contributed by atoms with Gasteiger partial charge in [0.05, 0.1) is 19.0 Å². The molecule has 2 aromatic carbocycles. The summed E-state index contributed by atoms with van der Waals surface area (Å²) in [7, 11) is -2.44. The third kappa shape index (κ3) is 5.20. The van der Waals surface area contributed by atoms with E-state index in [0.29, 0.717) is 32.7 Å². The molecule has 2 aliphatic heterocycles. The molecule has 2 amide bonds. The van der Waals surface area contributed by atoms with Crippen LogP contribution in [-0.2, 0) is 30.5 Å². The number of amides is 2. The maximum absolute atomic E-state index is 14.6. The Morgan fingerprint density at radius 3 is 2.15 bits per heavy atom. The van der Waals surface area contributed by atoms with Gasteiger partial charge in [0.25, 0.3) is 5.91 Å². The Morgan fingerprint density at radius 2 is 1.60 bits per heavy atom. The van der Waals surface area contributed by atoms with E-state index in [-0.39, 0.29) is 42.2 Å². The Kier molecular flexibility index (Phi) is 8.10.